The molecule has 2 atom stereocenters. The number of rotatable bonds is 4. The molecule has 0 spiro atoms. The van der Waals surface area contributed by atoms with Crippen LogP contribution in [0.2, 0.25) is 0 Å². The largest absolute Gasteiger partial charge is 0.342 e. The molecule has 1 saturated heterocycles. The zero-order chi connectivity index (χ0) is 14.4. The number of piperazine rings is 1. The highest BCUT2D eigenvalue weighted by atomic mass is 16.2. The van der Waals surface area contributed by atoms with Crippen molar-refractivity contribution in [3.8, 4) is 0 Å². The first-order valence-electron chi connectivity index (χ1n) is 7.41. The van der Waals surface area contributed by atoms with Crippen LogP contribution in [0.1, 0.15) is 47.5 Å². The molecular weight excluding hydrogens is 240 g/mol. The average molecular weight is 266 g/mol. The maximum Gasteiger partial charge on any atom is 0.246 e. The van der Waals surface area contributed by atoms with Gasteiger partial charge in [-0.1, -0.05) is 27.7 Å². The van der Waals surface area contributed by atoms with Crippen molar-refractivity contribution in [2.75, 3.05) is 6.54 Å². The fourth-order valence-electron chi connectivity index (χ4n) is 3.02. The zero-order valence-electron chi connectivity index (χ0n) is 12.7. The van der Waals surface area contributed by atoms with Gasteiger partial charge in [0, 0.05) is 6.54 Å². The minimum atomic E-state index is -0.632. The molecule has 2 amide bonds. The van der Waals surface area contributed by atoms with Crippen LogP contribution in [0.25, 0.3) is 0 Å². The number of nitrogens with zero attached hydrogens (tertiary/aromatic N) is 1. The number of nitrogens with one attached hydrogen (secondary N) is 1. The molecule has 1 saturated carbocycles. The highest BCUT2D eigenvalue weighted by Crippen LogP contribution is 2.45. The lowest BCUT2D eigenvalue weighted by Crippen LogP contribution is -2.71. The quantitative estimate of drug-likeness (QED) is 0.843. The number of carbonyl (C=O) groups excluding carboxylic acids is 2. The topological polar surface area (TPSA) is 49.4 Å². The Morgan fingerprint density at radius 1 is 1.26 bits per heavy atom. The van der Waals surface area contributed by atoms with E-state index >= 15 is 0 Å². The summed E-state index contributed by atoms with van der Waals surface area (Å²) in [7, 11) is 0. The van der Waals surface area contributed by atoms with Gasteiger partial charge in [0.25, 0.3) is 0 Å². The summed E-state index contributed by atoms with van der Waals surface area (Å²) in [4.78, 5) is 27.1. The monoisotopic (exact) mass is 266 g/mol. The molecule has 2 unspecified atom stereocenters. The molecule has 2 rings (SSSR count). The van der Waals surface area contributed by atoms with Crippen LogP contribution in [-0.2, 0) is 9.59 Å². The maximum atomic E-state index is 12.7. The van der Waals surface area contributed by atoms with Crippen molar-refractivity contribution in [2.24, 2.45) is 17.8 Å². The lowest BCUT2D eigenvalue weighted by atomic mass is 9.85. The van der Waals surface area contributed by atoms with Gasteiger partial charge in [0.05, 0.1) is 0 Å². The third-order valence-electron chi connectivity index (χ3n) is 4.43. The highest BCUT2D eigenvalue weighted by molar-refractivity contribution is 6.00. The summed E-state index contributed by atoms with van der Waals surface area (Å²) in [6.07, 6.45) is 2.11. The summed E-state index contributed by atoms with van der Waals surface area (Å²) in [5, 5.41) is 2.95. The molecule has 4 nitrogen and oxygen atoms in total. The van der Waals surface area contributed by atoms with Gasteiger partial charge in [0.15, 0.2) is 0 Å². The molecule has 108 valence electrons. The van der Waals surface area contributed by atoms with Crippen LogP contribution in [0.4, 0.5) is 0 Å². The minimum absolute atomic E-state index is 0.0361. The van der Waals surface area contributed by atoms with Gasteiger partial charge in [-0.25, -0.2) is 0 Å². The van der Waals surface area contributed by atoms with Crippen molar-refractivity contribution in [3.63, 3.8) is 0 Å². The summed E-state index contributed by atoms with van der Waals surface area (Å²) in [5.41, 5.74) is -0.632. The van der Waals surface area contributed by atoms with Crippen LogP contribution >= 0.6 is 0 Å². The van der Waals surface area contributed by atoms with E-state index in [1.165, 1.54) is 0 Å². The van der Waals surface area contributed by atoms with Crippen molar-refractivity contribution in [3.05, 3.63) is 0 Å². The van der Waals surface area contributed by atoms with Crippen LogP contribution in [-0.4, -0.2) is 34.8 Å². The van der Waals surface area contributed by atoms with E-state index in [4.69, 9.17) is 0 Å². The van der Waals surface area contributed by atoms with Crippen molar-refractivity contribution in [1.29, 1.82) is 0 Å². The fourth-order valence-corrected chi connectivity index (χ4v) is 3.02. The van der Waals surface area contributed by atoms with E-state index in [9.17, 15) is 9.59 Å². The number of hydrogen-bond acceptors (Lipinski definition) is 2. The number of carbonyl (C=O) groups is 2. The van der Waals surface area contributed by atoms with Gasteiger partial charge in [-0.3, -0.25) is 9.59 Å². The second-order valence-electron chi connectivity index (χ2n) is 6.96. The molecule has 0 aromatic rings. The molecule has 1 heterocycles. The summed E-state index contributed by atoms with van der Waals surface area (Å²) in [6, 6.07) is -0.363. The van der Waals surface area contributed by atoms with Crippen molar-refractivity contribution >= 4 is 11.8 Å². The molecule has 1 aliphatic heterocycles. The third-order valence-corrected chi connectivity index (χ3v) is 4.43. The van der Waals surface area contributed by atoms with Crippen LogP contribution < -0.4 is 5.32 Å². The van der Waals surface area contributed by atoms with Gasteiger partial charge in [0.2, 0.25) is 11.8 Å². The van der Waals surface area contributed by atoms with Gasteiger partial charge in [-0.05, 0) is 37.5 Å². The first kappa shape index (κ1) is 14.4. The maximum absolute atomic E-state index is 12.7. The smallest absolute Gasteiger partial charge is 0.246 e. The van der Waals surface area contributed by atoms with Gasteiger partial charge >= 0.3 is 0 Å². The predicted molar refractivity (Wildman–Crippen MR) is 74.4 cm³/mol. The van der Waals surface area contributed by atoms with E-state index in [2.05, 4.69) is 19.2 Å². The Bertz CT molecular complexity index is 388. The van der Waals surface area contributed by atoms with Gasteiger partial charge in [0.1, 0.15) is 11.6 Å². The van der Waals surface area contributed by atoms with E-state index in [0.717, 1.165) is 12.8 Å². The Morgan fingerprint density at radius 2 is 1.84 bits per heavy atom. The highest BCUT2D eigenvalue weighted by Gasteiger charge is 2.57. The Morgan fingerprint density at radius 3 is 2.26 bits per heavy atom. The van der Waals surface area contributed by atoms with Crippen LogP contribution in [0.5, 0.6) is 0 Å². The van der Waals surface area contributed by atoms with Crippen LogP contribution in [0, 0.1) is 17.8 Å². The second-order valence-corrected chi connectivity index (χ2v) is 6.96. The Balaban J connectivity index is 2.32. The third kappa shape index (κ3) is 2.37. The number of hydrogen-bond donors (Lipinski definition) is 1. The lowest BCUT2D eigenvalue weighted by molar-refractivity contribution is -0.160. The Hall–Kier alpha value is -1.06. The van der Waals surface area contributed by atoms with Gasteiger partial charge in [-0.2, -0.15) is 0 Å². The molecule has 0 bridgehead atoms. The lowest BCUT2D eigenvalue weighted by Gasteiger charge is -2.48. The standard InChI is InChI=1S/C15H26N2O2/c1-9(2)8-17-13(18)12(10(3)4)16-14(19)15(17,5)11-6-7-11/h9-12H,6-8H2,1-5H3,(H,16,19). The normalized spacial score (nSPS) is 32.2. The SMILES string of the molecule is CC(C)CN1C(=O)C(C(C)C)NC(=O)C1(C)C1CC1. The molecule has 19 heavy (non-hydrogen) atoms. The van der Waals surface area contributed by atoms with Crippen molar-refractivity contribution in [1.82, 2.24) is 10.2 Å². The molecule has 0 radical (unpaired) electrons. The van der Waals surface area contributed by atoms with E-state index in [-0.39, 0.29) is 23.8 Å². The summed E-state index contributed by atoms with van der Waals surface area (Å²) < 4.78 is 0. The van der Waals surface area contributed by atoms with Crippen molar-refractivity contribution in [2.45, 2.75) is 59.0 Å². The van der Waals surface area contributed by atoms with Gasteiger partial charge in [-0.15, -0.1) is 0 Å². The average Bonchev–Trinajstić information content (AvgIpc) is 3.12. The fraction of sp³-hybridized carbons (Fsp3) is 0.867. The zero-order valence-corrected chi connectivity index (χ0v) is 12.7. The van der Waals surface area contributed by atoms with E-state index < -0.39 is 5.54 Å². The minimum Gasteiger partial charge on any atom is -0.342 e. The molecule has 1 N–H and O–H groups in total. The molecule has 0 aromatic carbocycles. The molecule has 4 heteroatoms. The van der Waals surface area contributed by atoms with Crippen LogP contribution in [0.3, 0.4) is 0 Å². The molecule has 2 fully saturated rings. The number of amides is 2. The van der Waals surface area contributed by atoms with E-state index in [0.29, 0.717) is 18.4 Å². The van der Waals surface area contributed by atoms with E-state index in [1.54, 1.807) is 0 Å². The molecule has 0 aromatic heterocycles. The van der Waals surface area contributed by atoms with E-state index in [1.807, 2.05) is 25.7 Å². The summed E-state index contributed by atoms with van der Waals surface area (Å²) in [6.45, 7) is 10.8. The Kier molecular flexibility index (Phi) is 3.63. The second kappa shape index (κ2) is 4.80. The Labute approximate surface area is 115 Å². The summed E-state index contributed by atoms with van der Waals surface area (Å²) >= 11 is 0. The van der Waals surface area contributed by atoms with Gasteiger partial charge < -0.3 is 10.2 Å². The summed E-state index contributed by atoms with van der Waals surface area (Å²) in [5.74, 6) is 0.977. The molecular formula is C15H26N2O2. The van der Waals surface area contributed by atoms with Crippen LogP contribution in [0.15, 0.2) is 0 Å². The predicted octanol–water partition coefficient (Wildman–Crippen LogP) is 1.79. The molecule has 2 aliphatic rings. The molecule has 1 aliphatic carbocycles. The first-order valence-corrected chi connectivity index (χ1v) is 7.41. The van der Waals surface area contributed by atoms with Crippen molar-refractivity contribution < 1.29 is 9.59 Å². The first-order chi connectivity index (χ1) is 8.78.